The van der Waals surface area contributed by atoms with Crippen LogP contribution < -0.4 is 0 Å². The van der Waals surface area contributed by atoms with Crippen LogP contribution in [-0.4, -0.2) is 21.3 Å². The Morgan fingerprint density at radius 1 is 0.356 bits per heavy atom. The smallest absolute Gasteiger partial charge is 0.302 e. The second-order valence-electron chi connectivity index (χ2n) is 16.9. The average Bonchev–Trinajstić information content (AvgIpc) is 3.10. The van der Waals surface area contributed by atoms with E-state index in [9.17, 15) is 14.0 Å². The molecule has 0 amide bonds. The maximum absolute atomic E-state index is 11.5. The summed E-state index contributed by atoms with van der Waals surface area (Å²) in [6.07, 6.45) is 42.5. The number of hydrogen-bond acceptors (Lipinski definition) is 4. The lowest BCUT2D eigenvalue weighted by Gasteiger charge is -2.11. The second-order valence-corrected chi connectivity index (χ2v) is 19.8. The molecular formula is C50H84O7P2. The van der Waals surface area contributed by atoms with Gasteiger partial charge in [0.2, 0.25) is 0 Å². The Balaban J connectivity index is 4.30. The van der Waals surface area contributed by atoms with Gasteiger partial charge in [0.25, 0.3) is 0 Å². The molecule has 3 N–H and O–H groups in total. The van der Waals surface area contributed by atoms with Crippen molar-refractivity contribution in [2.75, 3.05) is 6.61 Å². The third-order valence-corrected chi connectivity index (χ3v) is 12.4. The van der Waals surface area contributed by atoms with E-state index in [1.165, 1.54) is 63.0 Å². The molecule has 0 aromatic rings. The topological polar surface area (TPSA) is 113 Å². The second kappa shape index (κ2) is 33.3. The summed E-state index contributed by atoms with van der Waals surface area (Å²) in [7, 11) is -9.91. The summed E-state index contributed by atoms with van der Waals surface area (Å²) in [5, 5.41) is 0. The molecule has 0 saturated carbocycles. The van der Waals surface area contributed by atoms with Crippen LogP contribution in [-0.2, 0) is 18.0 Å². The third kappa shape index (κ3) is 38.3. The van der Waals surface area contributed by atoms with Gasteiger partial charge < -0.3 is 14.7 Å². The van der Waals surface area contributed by atoms with Gasteiger partial charge in [-0.15, -0.1) is 0 Å². The van der Waals surface area contributed by atoms with Crippen molar-refractivity contribution < 1.29 is 32.6 Å². The SMILES string of the molecule is CC(C)=CCC/C(C)=C/CC/C(C)=C/CC/C(C)=C/CC/C(C)=C\CC/C(C)=C/CC/C(C)=C/CC/C(C)=C/CC/C(C)=C\CC/C(C)=C/COP(=O)(O)OP(=O)(O)O. The fourth-order valence-corrected chi connectivity index (χ4v) is 7.84. The van der Waals surface area contributed by atoms with Crippen molar-refractivity contribution in [3.63, 3.8) is 0 Å². The largest absolute Gasteiger partial charge is 0.481 e. The molecule has 1 unspecified atom stereocenters. The molecule has 0 spiro atoms. The highest BCUT2D eigenvalue weighted by Crippen LogP contribution is 2.57. The van der Waals surface area contributed by atoms with Crippen LogP contribution in [0, 0.1) is 0 Å². The zero-order valence-corrected chi connectivity index (χ0v) is 40.9. The van der Waals surface area contributed by atoms with Crippen molar-refractivity contribution in [3.8, 4) is 0 Å². The maximum atomic E-state index is 11.5. The molecule has 7 nitrogen and oxygen atoms in total. The van der Waals surface area contributed by atoms with E-state index in [1.54, 1.807) is 6.08 Å². The summed E-state index contributed by atoms with van der Waals surface area (Å²) in [5.74, 6) is 0. The van der Waals surface area contributed by atoms with Crippen molar-refractivity contribution in [1.82, 2.24) is 0 Å². The molecule has 0 aromatic heterocycles. The highest BCUT2D eigenvalue weighted by atomic mass is 31.3. The Morgan fingerprint density at radius 2 is 0.559 bits per heavy atom. The first-order chi connectivity index (χ1) is 27.7. The lowest BCUT2D eigenvalue weighted by Crippen LogP contribution is -1.94. The van der Waals surface area contributed by atoms with Crippen molar-refractivity contribution >= 4 is 15.6 Å². The van der Waals surface area contributed by atoms with Gasteiger partial charge in [-0.1, -0.05) is 116 Å². The van der Waals surface area contributed by atoms with Crippen molar-refractivity contribution in [2.24, 2.45) is 0 Å². The molecule has 0 fully saturated rings. The Bertz CT molecular complexity index is 1640. The molecule has 0 heterocycles. The van der Waals surface area contributed by atoms with Crippen LogP contribution in [0.1, 0.15) is 192 Å². The summed E-state index contributed by atoms with van der Waals surface area (Å²) < 4.78 is 30.6. The van der Waals surface area contributed by atoms with Crippen LogP contribution in [0.3, 0.4) is 0 Å². The minimum Gasteiger partial charge on any atom is -0.302 e. The van der Waals surface area contributed by atoms with Gasteiger partial charge in [-0.2, -0.15) is 4.31 Å². The fourth-order valence-electron chi connectivity index (χ4n) is 6.31. The van der Waals surface area contributed by atoms with E-state index in [0.717, 1.165) is 108 Å². The molecule has 9 heteroatoms. The third-order valence-electron chi connectivity index (χ3n) is 10.2. The molecule has 0 aliphatic heterocycles. The number of rotatable bonds is 32. The summed E-state index contributed by atoms with van der Waals surface area (Å²) in [6, 6.07) is 0. The minimum atomic E-state index is -5.11. The molecule has 0 aliphatic carbocycles. The number of hydrogen-bond donors (Lipinski definition) is 3. The predicted octanol–water partition coefficient (Wildman–Crippen LogP) is 16.7. The van der Waals surface area contributed by atoms with Crippen molar-refractivity contribution in [2.45, 2.75) is 192 Å². The van der Waals surface area contributed by atoms with Gasteiger partial charge in [0.15, 0.2) is 0 Å². The molecule has 0 aromatic carbocycles. The van der Waals surface area contributed by atoms with Gasteiger partial charge in [-0.25, -0.2) is 9.13 Å². The van der Waals surface area contributed by atoms with Crippen LogP contribution >= 0.6 is 15.6 Å². The number of phosphoric ester groups is 1. The van der Waals surface area contributed by atoms with Gasteiger partial charge in [0, 0.05) is 0 Å². The first kappa shape index (κ1) is 56.7. The summed E-state index contributed by atoms with van der Waals surface area (Å²) >= 11 is 0. The molecule has 0 aliphatic rings. The number of phosphoric acid groups is 2. The molecule has 0 saturated heterocycles. The van der Waals surface area contributed by atoms with E-state index in [1.807, 2.05) is 6.92 Å². The van der Waals surface area contributed by atoms with E-state index in [2.05, 4.69) is 133 Å². The monoisotopic (exact) mass is 859 g/mol. The molecule has 59 heavy (non-hydrogen) atoms. The van der Waals surface area contributed by atoms with Gasteiger partial charge in [-0.3, -0.25) is 4.52 Å². The van der Waals surface area contributed by atoms with E-state index in [4.69, 9.17) is 9.79 Å². The highest BCUT2D eigenvalue weighted by Gasteiger charge is 2.31. The highest BCUT2D eigenvalue weighted by molar-refractivity contribution is 7.60. The zero-order chi connectivity index (χ0) is 44.7. The lowest BCUT2D eigenvalue weighted by atomic mass is 10.0. The summed E-state index contributed by atoms with van der Waals surface area (Å²) in [6.45, 7) is 23.9. The van der Waals surface area contributed by atoms with E-state index in [0.29, 0.717) is 0 Å². The normalized spacial score (nSPS) is 15.9. The van der Waals surface area contributed by atoms with Gasteiger partial charge in [0.1, 0.15) is 0 Å². The molecule has 0 bridgehead atoms. The summed E-state index contributed by atoms with van der Waals surface area (Å²) in [5.41, 5.74) is 14.1. The first-order valence-electron chi connectivity index (χ1n) is 22.0. The molecule has 0 rings (SSSR count). The first-order valence-corrected chi connectivity index (χ1v) is 25.0. The Labute approximate surface area is 361 Å². The van der Waals surface area contributed by atoms with Crippen LogP contribution in [0.5, 0.6) is 0 Å². The molecular weight excluding hydrogens is 774 g/mol. The Kier molecular flexibility index (Phi) is 32.0. The fraction of sp³-hybridized carbons (Fsp3) is 0.600. The summed E-state index contributed by atoms with van der Waals surface area (Å²) in [4.78, 5) is 26.6. The van der Waals surface area contributed by atoms with Crippen LogP contribution in [0.15, 0.2) is 116 Å². The van der Waals surface area contributed by atoms with Crippen molar-refractivity contribution in [1.29, 1.82) is 0 Å². The van der Waals surface area contributed by atoms with E-state index >= 15 is 0 Å². The van der Waals surface area contributed by atoms with Gasteiger partial charge in [0.05, 0.1) is 6.61 Å². The predicted molar refractivity (Wildman–Crippen MR) is 255 cm³/mol. The Hall–Kier alpha value is -2.34. The van der Waals surface area contributed by atoms with Crippen LogP contribution in [0.2, 0.25) is 0 Å². The van der Waals surface area contributed by atoms with E-state index < -0.39 is 15.6 Å². The lowest BCUT2D eigenvalue weighted by molar-refractivity contribution is 0.191. The average molecular weight is 859 g/mol. The van der Waals surface area contributed by atoms with Gasteiger partial charge >= 0.3 is 15.6 Å². The standard InChI is InChI=1S/C50H84O7P2/c1-41(2)21-12-22-42(3)23-13-24-43(4)25-14-26-44(5)27-15-28-45(6)29-16-30-46(7)31-17-32-47(8)33-18-34-48(9)35-19-36-49(10)37-20-38-50(11)39-40-56-59(54,55)57-58(51,52)53/h21,23,25,27,29,31,33,35,37,39H,12-20,22,24,26,28,30,32,34,36,38,40H2,1-11H3,(H,54,55)(H2,51,52,53)/b42-23+,43-25+,44-27+,45-29-,46-31+,47-33+,48-35+,49-37-,50-39+. The van der Waals surface area contributed by atoms with Crippen LogP contribution in [0.4, 0.5) is 0 Å². The zero-order valence-electron chi connectivity index (χ0n) is 39.1. The quantitative estimate of drug-likeness (QED) is 0.0456. The van der Waals surface area contributed by atoms with Crippen LogP contribution in [0.25, 0.3) is 0 Å². The van der Waals surface area contributed by atoms with Crippen molar-refractivity contribution in [3.05, 3.63) is 116 Å². The van der Waals surface area contributed by atoms with Gasteiger partial charge in [-0.05, 0) is 192 Å². The minimum absolute atomic E-state index is 0.273. The Morgan fingerprint density at radius 3 is 0.763 bits per heavy atom. The number of allylic oxidation sites excluding steroid dienone is 19. The maximum Gasteiger partial charge on any atom is 0.481 e. The molecule has 336 valence electrons. The molecule has 0 radical (unpaired) electrons. The van der Waals surface area contributed by atoms with E-state index in [-0.39, 0.29) is 6.61 Å². The molecule has 1 atom stereocenters.